The van der Waals surface area contributed by atoms with Gasteiger partial charge in [-0.25, -0.2) is 0 Å². The van der Waals surface area contributed by atoms with E-state index in [2.05, 4.69) is 31.4 Å². The Balaban J connectivity index is 1.92. The first-order valence-corrected chi connectivity index (χ1v) is 9.32. The predicted octanol–water partition coefficient (Wildman–Crippen LogP) is 4.76. The highest BCUT2D eigenvalue weighted by Crippen LogP contribution is 2.40. The van der Waals surface area contributed by atoms with Gasteiger partial charge in [0.15, 0.2) is 0 Å². The van der Waals surface area contributed by atoms with Crippen LogP contribution in [0, 0.1) is 11.3 Å². The van der Waals surface area contributed by atoms with E-state index in [-0.39, 0.29) is 11.5 Å². The maximum atomic E-state index is 13.0. The molecule has 1 aliphatic rings. The normalized spacial score (nSPS) is 20.8. The first kappa shape index (κ1) is 21.3. The summed E-state index contributed by atoms with van der Waals surface area (Å²) >= 11 is 0. The number of amides is 2. The molecular weight excluding hydrogens is 357 g/mol. The molecule has 2 N–H and O–H groups in total. The summed E-state index contributed by atoms with van der Waals surface area (Å²) in [7, 11) is 0. The molecule has 7 heteroatoms. The van der Waals surface area contributed by atoms with Gasteiger partial charge in [0.2, 0.25) is 0 Å². The van der Waals surface area contributed by atoms with E-state index in [1.165, 1.54) is 12.1 Å². The van der Waals surface area contributed by atoms with Gasteiger partial charge in [0.05, 0.1) is 11.3 Å². The third-order valence-corrected chi connectivity index (χ3v) is 5.77. The maximum absolute atomic E-state index is 13.0. The average molecular weight is 384 g/mol. The predicted molar refractivity (Wildman–Crippen MR) is 98.0 cm³/mol. The highest BCUT2D eigenvalue weighted by molar-refractivity contribution is 6.39. The summed E-state index contributed by atoms with van der Waals surface area (Å²) < 4.78 is 38.9. The first-order valence-electron chi connectivity index (χ1n) is 9.32. The van der Waals surface area contributed by atoms with Gasteiger partial charge < -0.3 is 10.6 Å². The number of alkyl halides is 3. The fourth-order valence-corrected chi connectivity index (χ4v) is 3.58. The number of halogens is 3. The van der Waals surface area contributed by atoms with E-state index < -0.39 is 29.2 Å². The largest absolute Gasteiger partial charge is 0.418 e. The summed E-state index contributed by atoms with van der Waals surface area (Å²) in [5.74, 6) is -1.41. The lowest BCUT2D eigenvalue weighted by Crippen LogP contribution is -2.44. The molecule has 150 valence electrons. The summed E-state index contributed by atoms with van der Waals surface area (Å²) in [6.07, 6.45) is -0.0618. The molecule has 0 spiro atoms. The standard InChI is InChI=1S/C20H27F3N2O2/c1-4-19(2,3)13-9-11-14(12-10-13)24-17(26)18(27)25-16-8-6-5-7-15(16)20(21,22)23/h5-8,13-14H,4,9-12H2,1-3H3,(H,24,26)(H,25,27). The van der Waals surface area contributed by atoms with Crippen molar-refractivity contribution in [3.05, 3.63) is 29.8 Å². The number of carbonyl (C=O) groups excluding carboxylic acids is 2. The van der Waals surface area contributed by atoms with Crippen LogP contribution in [0.15, 0.2) is 24.3 Å². The second-order valence-electron chi connectivity index (χ2n) is 7.86. The number of rotatable bonds is 4. The highest BCUT2D eigenvalue weighted by Gasteiger charge is 2.35. The minimum absolute atomic E-state index is 0.120. The molecule has 1 aromatic carbocycles. The average Bonchev–Trinajstić information content (AvgIpc) is 2.61. The van der Waals surface area contributed by atoms with Crippen molar-refractivity contribution in [1.82, 2.24) is 5.32 Å². The molecule has 0 saturated heterocycles. The Kier molecular flexibility index (Phi) is 6.54. The summed E-state index contributed by atoms with van der Waals surface area (Å²) in [6.45, 7) is 6.64. The number of hydrogen-bond acceptors (Lipinski definition) is 2. The summed E-state index contributed by atoms with van der Waals surface area (Å²) in [5, 5.41) is 4.73. The van der Waals surface area contributed by atoms with E-state index in [0.717, 1.165) is 44.2 Å². The lowest BCUT2D eigenvalue weighted by Gasteiger charge is -2.39. The summed E-state index contributed by atoms with van der Waals surface area (Å²) in [4.78, 5) is 24.2. The summed E-state index contributed by atoms with van der Waals surface area (Å²) in [6, 6.07) is 4.48. The van der Waals surface area contributed by atoms with Gasteiger partial charge in [-0.1, -0.05) is 39.3 Å². The molecule has 2 rings (SSSR count). The van der Waals surface area contributed by atoms with Crippen molar-refractivity contribution in [3.8, 4) is 0 Å². The van der Waals surface area contributed by atoms with Crippen LogP contribution in [0.4, 0.5) is 18.9 Å². The van der Waals surface area contributed by atoms with E-state index in [4.69, 9.17) is 0 Å². The quantitative estimate of drug-likeness (QED) is 0.736. The van der Waals surface area contributed by atoms with Crippen molar-refractivity contribution in [3.63, 3.8) is 0 Å². The second-order valence-corrected chi connectivity index (χ2v) is 7.86. The Morgan fingerprint density at radius 3 is 2.19 bits per heavy atom. The topological polar surface area (TPSA) is 58.2 Å². The molecule has 0 aliphatic heterocycles. The van der Waals surface area contributed by atoms with Crippen molar-refractivity contribution in [2.45, 2.75) is 65.1 Å². The highest BCUT2D eigenvalue weighted by atomic mass is 19.4. The van der Waals surface area contributed by atoms with Crippen molar-refractivity contribution in [2.75, 3.05) is 5.32 Å². The number of para-hydroxylation sites is 1. The van der Waals surface area contributed by atoms with Gasteiger partial charge in [-0.3, -0.25) is 9.59 Å². The Morgan fingerprint density at radius 2 is 1.63 bits per heavy atom. The van der Waals surface area contributed by atoms with Crippen LogP contribution < -0.4 is 10.6 Å². The van der Waals surface area contributed by atoms with Crippen molar-refractivity contribution >= 4 is 17.5 Å². The molecule has 27 heavy (non-hydrogen) atoms. The molecule has 0 aromatic heterocycles. The fraction of sp³-hybridized carbons (Fsp3) is 0.600. The Morgan fingerprint density at radius 1 is 1.04 bits per heavy atom. The van der Waals surface area contributed by atoms with Gasteiger partial charge in [-0.2, -0.15) is 13.2 Å². The number of anilines is 1. The maximum Gasteiger partial charge on any atom is 0.418 e. The molecule has 0 bridgehead atoms. The first-order chi connectivity index (χ1) is 12.5. The molecule has 1 aromatic rings. The minimum atomic E-state index is -4.61. The molecule has 1 saturated carbocycles. The van der Waals surface area contributed by atoms with E-state index in [0.29, 0.717) is 5.92 Å². The van der Waals surface area contributed by atoms with Crippen LogP contribution in [-0.2, 0) is 15.8 Å². The van der Waals surface area contributed by atoms with Gasteiger partial charge in [0, 0.05) is 6.04 Å². The Hall–Kier alpha value is -2.05. The third-order valence-electron chi connectivity index (χ3n) is 5.77. The van der Waals surface area contributed by atoms with Crippen LogP contribution in [0.25, 0.3) is 0 Å². The zero-order chi connectivity index (χ0) is 20.2. The number of hydrogen-bond donors (Lipinski definition) is 2. The molecule has 1 fully saturated rings. The zero-order valence-corrected chi connectivity index (χ0v) is 16.0. The monoisotopic (exact) mass is 384 g/mol. The Bertz CT molecular complexity index is 678. The van der Waals surface area contributed by atoms with Crippen LogP contribution >= 0.6 is 0 Å². The van der Waals surface area contributed by atoms with E-state index in [9.17, 15) is 22.8 Å². The van der Waals surface area contributed by atoms with E-state index in [1.807, 2.05) is 0 Å². The van der Waals surface area contributed by atoms with Gasteiger partial charge in [0.1, 0.15) is 0 Å². The molecule has 0 atom stereocenters. The molecule has 0 heterocycles. The Labute approximate surface area is 157 Å². The van der Waals surface area contributed by atoms with Crippen LogP contribution in [0.1, 0.15) is 58.4 Å². The van der Waals surface area contributed by atoms with Crippen LogP contribution in [0.2, 0.25) is 0 Å². The van der Waals surface area contributed by atoms with Crippen LogP contribution in [-0.4, -0.2) is 17.9 Å². The molecule has 0 radical (unpaired) electrons. The number of nitrogens with one attached hydrogen (secondary N) is 2. The summed E-state index contributed by atoms with van der Waals surface area (Å²) in [5.41, 5.74) is -1.15. The van der Waals surface area contributed by atoms with Gasteiger partial charge in [0.25, 0.3) is 0 Å². The van der Waals surface area contributed by atoms with Gasteiger partial charge >= 0.3 is 18.0 Å². The molecular formula is C20H27F3N2O2. The minimum Gasteiger partial charge on any atom is -0.345 e. The molecule has 0 unspecified atom stereocenters. The molecule has 2 amide bonds. The van der Waals surface area contributed by atoms with Crippen LogP contribution in [0.5, 0.6) is 0 Å². The lowest BCUT2D eigenvalue weighted by atomic mass is 9.69. The van der Waals surface area contributed by atoms with Crippen molar-refractivity contribution < 1.29 is 22.8 Å². The van der Waals surface area contributed by atoms with E-state index >= 15 is 0 Å². The lowest BCUT2D eigenvalue weighted by molar-refractivity contribution is -0.138. The second kappa shape index (κ2) is 8.31. The third kappa shape index (κ3) is 5.47. The van der Waals surface area contributed by atoms with Gasteiger partial charge in [-0.15, -0.1) is 0 Å². The van der Waals surface area contributed by atoms with E-state index in [1.54, 1.807) is 0 Å². The van der Waals surface area contributed by atoms with Crippen molar-refractivity contribution in [1.29, 1.82) is 0 Å². The zero-order valence-electron chi connectivity index (χ0n) is 16.0. The fourth-order valence-electron chi connectivity index (χ4n) is 3.58. The number of benzene rings is 1. The smallest absolute Gasteiger partial charge is 0.345 e. The van der Waals surface area contributed by atoms with Crippen molar-refractivity contribution in [2.24, 2.45) is 11.3 Å². The number of carbonyl (C=O) groups is 2. The molecule has 4 nitrogen and oxygen atoms in total. The molecule has 1 aliphatic carbocycles. The van der Waals surface area contributed by atoms with Gasteiger partial charge in [-0.05, 0) is 49.1 Å². The SMILES string of the molecule is CCC(C)(C)C1CCC(NC(=O)C(=O)Nc2ccccc2C(F)(F)F)CC1. The van der Waals surface area contributed by atoms with Crippen LogP contribution in [0.3, 0.4) is 0 Å².